The molecule has 2 aromatic heterocycles. The van der Waals surface area contributed by atoms with Gasteiger partial charge in [0, 0.05) is 51.2 Å². The molecule has 2 aliphatic heterocycles. The number of aromatic nitrogens is 3. The Hall–Kier alpha value is -1.75. The molecule has 0 amide bonds. The maximum absolute atomic E-state index is 12.6. The Kier molecular flexibility index (Phi) is 6.33. The Labute approximate surface area is 175 Å². The van der Waals surface area contributed by atoms with E-state index in [4.69, 9.17) is 11.6 Å². The van der Waals surface area contributed by atoms with Crippen LogP contribution in [0, 0.1) is 0 Å². The van der Waals surface area contributed by atoms with E-state index in [1.54, 1.807) is 16.6 Å². The second-order valence-electron chi connectivity index (χ2n) is 7.34. The van der Waals surface area contributed by atoms with Gasteiger partial charge in [-0.15, -0.1) is 0 Å². The van der Waals surface area contributed by atoms with Gasteiger partial charge in [0.2, 0.25) is 16.0 Å². The first-order chi connectivity index (χ1) is 14.0. The maximum Gasteiger partial charge on any atom is 0.228 e. The van der Waals surface area contributed by atoms with Gasteiger partial charge >= 0.3 is 0 Å². The number of nitrogens with zero attached hydrogens (tertiary/aromatic N) is 5. The molecule has 4 heterocycles. The van der Waals surface area contributed by atoms with E-state index in [0.29, 0.717) is 35.5 Å². The molecule has 2 fully saturated rings. The van der Waals surface area contributed by atoms with E-state index < -0.39 is 10.0 Å². The number of piperidine rings is 1. The number of piperazine rings is 1. The number of nitrogens with one attached hydrogen (secondary N) is 2. The van der Waals surface area contributed by atoms with Crippen molar-refractivity contribution in [2.45, 2.75) is 19.3 Å². The number of hydrogen-bond donors (Lipinski definition) is 2. The van der Waals surface area contributed by atoms with Crippen LogP contribution in [0.4, 0.5) is 11.8 Å². The summed E-state index contributed by atoms with van der Waals surface area (Å²) in [4.78, 5) is 15.5. The van der Waals surface area contributed by atoms with Crippen LogP contribution >= 0.6 is 11.6 Å². The molecule has 0 aliphatic carbocycles. The van der Waals surface area contributed by atoms with E-state index in [9.17, 15) is 8.42 Å². The monoisotopic (exact) mass is 439 g/mol. The van der Waals surface area contributed by atoms with Gasteiger partial charge in [0.15, 0.2) is 0 Å². The molecular formula is C18H26ClN7O2S. The lowest BCUT2D eigenvalue weighted by Gasteiger charge is -2.28. The Morgan fingerprint density at radius 2 is 1.86 bits per heavy atom. The predicted octanol–water partition coefficient (Wildman–Crippen LogP) is 1.32. The molecular weight excluding hydrogens is 414 g/mol. The van der Waals surface area contributed by atoms with Gasteiger partial charge in [-0.1, -0.05) is 18.0 Å². The van der Waals surface area contributed by atoms with Crippen LogP contribution in [0.25, 0.3) is 10.9 Å². The number of rotatable bonds is 6. The molecule has 2 aliphatic rings. The summed E-state index contributed by atoms with van der Waals surface area (Å²) in [6.45, 7) is 4.88. The number of anilines is 2. The van der Waals surface area contributed by atoms with Gasteiger partial charge in [-0.25, -0.2) is 22.7 Å². The first-order valence-corrected chi connectivity index (χ1v) is 12.0. The lowest BCUT2D eigenvalue weighted by atomic mass is 10.2. The van der Waals surface area contributed by atoms with E-state index in [-0.39, 0.29) is 12.3 Å². The number of halogens is 1. The normalized spacial score (nSPS) is 18.9. The van der Waals surface area contributed by atoms with Crippen molar-refractivity contribution in [3.8, 4) is 0 Å². The van der Waals surface area contributed by atoms with Gasteiger partial charge in [-0.2, -0.15) is 4.98 Å². The van der Waals surface area contributed by atoms with Crippen LogP contribution < -0.4 is 15.5 Å². The summed E-state index contributed by atoms with van der Waals surface area (Å²) in [6, 6.07) is 1.71. The molecule has 0 unspecified atom stereocenters. The fourth-order valence-corrected chi connectivity index (χ4v) is 5.30. The Morgan fingerprint density at radius 1 is 1.10 bits per heavy atom. The van der Waals surface area contributed by atoms with E-state index in [1.807, 2.05) is 0 Å². The van der Waals surface area contributed by atoms with Crippen LogP contribution in [-0.2, 0) is 10.0 Å². The average Bonchev–Trinajstić information content (AvgIpc) is 2.75. The largest absolute Gasteiger partial charge is 0.368 e. The third-order valence-electron chi connectivity index (χ3n) is 5.30. The SMILES string of the molecule is O=S(=O)(CCNc1nc(N2CCNCC2)nc2cnc(Cl)cc12)N1CCCCC1. The first kappa shape index (κ1) is 20.5. The number of fused-ring (bicyclic) bond motifs is 1. The zero-order chi connectivity index (χ0) is 20.3. The second kappa shape index (κ2) is 8.95. The van der Waals surface area contributed by atoms with E-state index in [0.717, 1.165) is 50.8 Å². The highest BCUT2D eigenvalue weighted by atomic mass is 35.5. The number of pyridine rings is 1. The lowest BCUT2D eigenvalue weighted by Crippen LogP contribution is -2.44. The molecule has 0 saturated carbocycles. The summed E-state index contributed by atoms with van der Waals surface area (Å²) in [5.74, 6) is 1.23. The number of hydrogen-bond acceptors (Lipinski definition) is 8. The quantitative estimate of drug-likeness (QED) is 0.649. The van der Waals surface area contributed by atoms with Crippen molar-refractivity contribution in [3.63, 3.8) is 0 Å². The molecule has 0 atom stereocenters. The van der Waals surface area contributed by atoms with Crippen molar-refractivity contribution < 1.29 is 8.42 Å². The van der Waals surface area contributed by atoms with Crippen molar-refractivity contribution >= 4 is 44.3 Å². The molecule has 0 bridgehead atoms. The topological polar surface area (TPSA) is 103 Å². The molecule has 2 aromatic rings. The Morgan fingerprint density at radius 3 is 2.62 bits per heavy atom. The predicted molar refractivity (Wildman–Crippen MR) is 115 cm³/mol. The van der Waals surface area contributed by atoms with Crippen LogP contribution in [0.3, 0.4) is 0 Å². The Bertz CT molecular complexity index is 960. The molecule has 29 heavy (non-hydrogen) atoms. The minimum absolute atomic E-state index is 0.0281. The van der Waals surface area contributed by atoms with Crippen LogP contribution in [-0.4, -0.2) is 79.2 Å². The molecule has 2 N–H and O–H groups in total. The molecule has 9 nitrogen and oxygen atoms in total. The molecule has 2 saturated heterocycles. The number of sulfonamides is 1. The smallest absolute Gasteiger partial charge is 0.228 e. The summed E-state index contributed by atoms with van der Waals surface area (Å²) in [6.07, 6.45) is 4.59. The zero-order valence-corrected chi connectivity index (χ0v) is 17.8. The highest BCUT2D eigenvalue weighted by molar-refractivity contribution is 7.89. The van der Waals surface area contributed by atoms with E-state index in [1.165, 1.54) is 0 Å². The highest BCUT2D eigenvalue weighted by Crippen LogP contribution is 2.25. The summed E-state index contributed by atoms with van der Waals surface area (Å²) in [7, 11) is -3.28. The third kappa shape index (κ3) is 4.88. The minimum atomic E-state index is -3.28. The van der Waals surface area contributed by atoms with Crippen molar-refractivity contribution in [2.24, 2.45) is 0 Å². The van der Waals surface area contributed by atoms with Crippen LogP contribution in [0.2, 0.25) is 5.15 Å². The lowest BCUT2D eigenvalue weighted by molar-refractivity contribution is 0.347. The average molecular weight is 440 g/mol. The van der Waals surface area contributed by atoms with Gasteiger partial charge < -0.3 is 15.5 Å². The summed E-state index contributed by atoms with van der Waals surface area (Å²) >= 11 is 6.07. The summed E-state index contributed by atoms with van der Waals surface area (Å²) < 4.78 is 26.8. The Balaban J connectivity index is 1.54. The van der Waals surface area contributed by atoms with Gasteiger partial charge in [-0.3, -0.25) is 0 Å². The minimum Gasteiger partial charge on any atom is -0.368 e. The van der Waals surface area contributed by atoms with E-state index >= 15 is 0 Å². The molecule has 0 radical (unpaired) electrons. The zero-order valence-electron chi connectivity index (χ0n) is 16.3. The van der Waals surface area contributed by atoms with E-state index in [2.05, 4.69) is 30.5 Å². The molecule has 4 rings (SSSR count). The first-order valence-electron chi connectivity index (χ1n) is 10.0. The van der Waals surface area contributed by atoms with Gasteiger partial charge in [-0.05, 0) is 18.9 Å². The van der Waals surface area contributed by atoms with Crippen molar-refractivity contribution in [1.82, 2.24) is 24.6 Å². The second-order valence-corrected chi connectivity index (χ2v) is 9.81. The van der Waals surface area contributed by atoms with Crippen LogP contribution in [0.5, 0.6) is 0 Å². The standard InChI is InChI=1S/C18H26ClN7O2S/c19-16-12-14-15(13-22-16)23-18(25-9-4-20-5-10-25)24-17(14)21-6-11-29(27,28)26-7-2-1-3-8-26/h12-13,20H,1-11H2,(H,21,23,24). The van der Waals surface area contributed by atoms with Crippen LogP contribution in [0.1, 0.15) is 19.3 Å². The molecule has 0 aromatic carbocycles. The maximum atomic E-state index is 12.6. The fourth-order valence-electron chi connectivity index (χ4n) is 3.71. The molecule has 158 valence electrons. The van der Waals surface area contributed by atoms with Crippen molar-refractivity contribution in [3.05, 3.63) is 17.4 Å². The van der Waals surface area contributed by atoms with Crippen molar-refractivity contribution in [2.75, 3.05) is 61.8 Å². The van der Waals surface area contributed by atoms with Crippen molar-refractivity contribution in [1.29, 1.82) is 0 Å². The summed E-state index contributed by atoms with van der Waals surface area (Å²) in [5, 5.41) is 7.60. The summed E-state index contributed by atoms with van der Waals surface area (Å²) in [5.41, 5.74) is 0.680. The highest BCUT2D eigenvalue weighted by Gasteiger charge is 2.24. The molecule has 11 heteroatoms. The van der Waals surface area contributed by atoms with Crippen LogP contribution in [0.15, 0.2) is 12.3 Å². The van der Waals surface area contributed by atoms with Gasteiger partial charge in [0.05, 0.1) is 17.5 Å². The van der Waals surface area contributed by atoms with Gasteiger partial charge in [0.1, 0.15) is 11.0 Å². The molecule has 0 spiro atoms. The fraction of sp³-hybridized carbons (Fsp3) is 0.611. The third-order valence-corrected chi connectivity index (χ3v) is 7.38. The van der Waals surface area contributed by atoms with Gasteiger partial charge in [0.25, 0.3) is 0 Å².